The van der Waals surface area contributed by atoms with Crippen molar-refractivity contribution in [3.8, 4) is 11.5 Å². The van der Waals surface area contributed by atoms with Crippen LogP contribution in [0, 0.1) is 13.8 Å². The van der Waals surface area contributed by atoms with Crippen LogP contribution >= 0.6 is 15.9 Å². The highest BCUT2D eigenvalue weighted by atomic mass is 79.9. The van der Waals surface area contributed by atoms with Gasteiger partial charge in [-0.15, -0.1) is 0 Å². The van der Waals surface area contributed by atoms with Crippen molar-refractivity contribution < 1.29 is 23.9 Å². The van der Waals surface area contributed by atoms with Crippen LogP contribution in [0.4, 0.5) is 10.5 Å². The molecule has 0 aromatic heterocycles. The Balaban J connectivity index is 1.48. The van der Waals surface area contributed by atoms with E-state index in [0.29, 0.717) is 40.4 Å². The molecular formula is C29H28BrN3O5. The predicted molar refractivity (Wildman–Crippen MR) is 149 cm³/mol. The molecule has 0 aliphatic carbocycles. The molecule has 0 saturated carbocycles. The van der Waals surface area contributed by atoms with E-state index in [1.807, 2.05) is 57.2 Å². The van der Waals surface area contributed by atoms with Gasteiger partial charge < -0.3 is 20.1 Å². The number of benzene rings is 3. The highest BCUT2D eigenvalue weighted by Crippen LogP contribution is 2.38. The molecule has 1 saturated heterocycles. The molecule has 3 aromatic carbocycles. The summed E-state index contributed by atoms with van der Waals surface area (Å²) in [5.41, 5.74) is 4.42. The van der Waals surface area contributed by atoms with Gasteiger partial charge in [0.15, 0.2) is 11.5 Å². The second-order valence-electron chi connectivity index (χ2n) is 8.83. The fourth-order valence-corrected chi connectivity index (χ4v) is 4.44. The van der Waals surface area contributed by atoms with Crippen LogP contribution in [0.15, 0.2) is 70.8 Å². The van der Waals surface area contributed by atoms with Crippen LogP contribution in [0.2, 0.25) is 0 Å². The third kappa shape index (κ3) is 6.60. The first-order chi connectivity index (χ1) is 18.2. The van der Waals surface area contributed by atoms with Crippen LogP contribution in [-0.2, 0) is 16.2 Å². The number of anilines is 1. The second kappa shape index (κ2) is 12.0. The number of halogens is 1. The summed E-state index contributed by atoms with van der Waals surface area (Å²) >= 11 is 3.54. The molecule has 1 fully saturated rings. The lowest BCUT2D eigenvalue weighted by atomic mass is 10.1. The molecule has 0 spiro atoms. The van der Waals surface area contributed by atoms with Crippen molar-refractivity contribution in [1.29, 1.82) is 0 Å². The highest BCUT2D eigenvalue weighted by molar-refractivity contribution is 9.10. The fraction of sp³-hybridized carbons (Fsp3) is 0.207. The summed E-state index contributed by atoms with van der Waals surface area (Å²) in [5, 5.41) is 5.26. The van der Waals surface area contributed by atoms with Crippen molar-refractivity contribution in [2.45, 2.75) is 27.4 Å². The van der Waals surface area contributed by atoms with Crippen molar-refractivity contribution in [2.24, 2.45) is 0 Å². The van der Waals surface area contributed by atoms with E-state index >= 15 is 0 Å². The predicted octanol–water partition coefficient (Wildman–Crippen LogP) is 5.58. The zero-order valence-corrected chi connectivity index (χ0v) is 22.9. The largest absolute Gasteiger partial charge is 0.490 e. The van der Waals surface area contributed by atoms with Crippen molar-refractivity contribution in [2.75, 3.05) is 18.5 Å². The van der Waals surface area contributed by atoms with Gasteiger partial charge in [0.05, 0.1) is 11.1 Å². The summed E-state index contributed by atoms with van der Waals surface area (Å²) in [6.45, 7) is 6.15. The second-order valence-corrected chi connectivity index (χ2v) is 9.69. The average molecular weight is 578 g/mol. The zero-order valence-electron chi connectivity index (χ0n) is 21.3. The summed E-state index contributed by atoms with van der Waals surface area (Å²) < 4.78 is 12.5. The molecule has 0 unspecified atom stereocenters. The number of nitrogens with zero attached hydrogens (tertiary/aromatic N) is 1. The lowest BCUT2D eigenvalue weighted by Crippen LogP contribution is -2.38. The van der Waals surface area contributed by atoms with E-state index in [2.05, 4.69) is 26.6 Å². The molecular weight excluding hydrogens is 550 g/mol. The number of amides is 4. The molecule has 0 radical (unpaired) electrons. The van der Waals surface area contributed by atoms with E-state index < -0.39 is 24.4 Å². The molecule has 196 valence electrons. The molecule has 4 rings (SSSR count). The number of aryl methyl sites for hydroxylation is 2. The maximum Gasteiger partial charge on any atom is 0.329 e. The Hall–Kier alpha value is -4.11. The first-order valence-electron chi connectivity index (χ1n) is 12.1. The standard InChI is InChI=1S/C29H28BrN3O5/c1-4-37-25-15-21(13-23(30)27(25)38-17-20-10-8-18(2)9-11-20)14-24-28(35)33(29(36)32-24)16-26(34)31-22-7-5-6-19(3)12-22/h5-15H,4,16-17H2,1-3H3,(H,31,34)(H,32,36)/b24-14+. The molecule has 1 heterocycles. The molecule has 4 amide bonds. The first-order valence-corrected chi connectivity index (χ1v) is 12.9. The van der Waals surface area contributed by atoms with Gasteiger partial charge in [0.2, 0.25) is 5.91 Å². The van der Waals surface area contributed by atoms with Gasteiger partial charge in [-0.3, -0.25) is 9.59 Å². The topological polar surface area (TPSA) is 97.0 Å². The quantitative estimate of drug-likeness (QED) is 0.256. The number of carbonyl (C=O) groups excluding carboxylic acids is 3. The van der Waals surface area contributed by atoms with Crippen molar-refractivity contribution in [1.82, 2.24) is 10.2 Å². The van der Waals surface area contributed by atoms with Crippen molar-refractivity contribution in [3.63, 3.8) is 0 Å². The van der Waals surface area contributed by atoms with Gasteiger partial charge in [-0.25, -0.2) is 9.69 Å². The van der Waals surface area contributed by atoms with E-state index in [0.717, 1.165) is 16.0 Å². The van der Waals surface area contributed by atoms with E-state index in [1.54, 1.807) is 24.3 Å². The van der Waals surface area contributed by atoms with Crippen LogP contribution in [0.3, 0.4) is 0 Å². The monoisotopic (exact) mass is 577 g/mol. The molecule has 1 aliphatic rings. The molecule has 38 heavy (non-hydrogen) atoms. The Morgan fingerprint density at radius 3 is 2.50 bits per heavy atom. The van der Waals surface area contributed by atoms with Crippen LogP contribution in [-0.4, -0.2) is 35.9 Å². The Labute approximate surface area is 229 Å². The average Bonchev–Trinajstić information content (AvgIpc) is 3.12. The molecule has 8 nitrogen and oxygen atoms in total. The number of hydrogen-bond donors (Lipinski definition) is 2. The summed E-state index contributed by atoms with van der Waals surface area (Å²) in [5.74, 6) is -0.0437. The fourth-order valence-electron chi connectivity index (χ4n) is 3.86. The minimum absolute atomic E-state index is 0.0565. The number of imide groups is 1. The third-order valence-corrected chi connectivity index (χ3v) is 6.30. The summed E-state index contributed by atoms with van der Waals surface area (Å²) in [4.78, 5) is 38.8. The van der Waals surface area contributed by atoms with Crippen LogP contribution < -0.4 is 20.1 Å². The Bertz CT molecular complexity index is 1400. The lowest BCUT2D eigenvalue weighted by Gasteiger charge is -2.15. The van der Waals surface area contributed by atoms with Gasteiger partial charge >= 0.3 is 6.03 Å². The molecule has 0 atom stereocenters. The van der Waals surface area contributed by atoms with Gasteiger partial charge in [0.1, 0.15) is 18.8 Å². The highest BCUT2D eigenvalue weighted by Gasteiger charge is 2.35. The normalized spacial score (nSPS) is 14.0. The smallest absolute Gasteiger partial charge is 0.329 e. The van der Waals surface area contributed by atoms with Gasteiger partial charge in [0, 0.05) is 5.69 Å². The van der Waals surface area contributed by atoms with Gasteiger partial charge in [-0.1, -0.05) is 42.0 Å². The lowest BCUT2D eigenvalue weighted by molar-refractivity contribution is -0.127. The number of ether oxygens (including phenoxy) is 2. The van der Waals surface area contributed by atoms with E-state index in [9.17, 15) is 14.4 Å². The molecule has 0 bridgehead atoms. The Morgan fingerprint density at radius 1 is 1.03 bits per heavy atom. The van der Waals surface area contributed by atoms with Crippen molar-refractivity contribution >= 4 is 45.5 Å². The van der Waals surface area contributed by atoms with Crippen LogP contribution in [0.25, 0.3) is 6.08 Å². The first kappa shape index (κ1) is 26.9. The van der Waals surface area contributed by atoms with Crippen LogP contribution in [0.1, 0.15) is 29.2 Å². The maximum absolute atomic E-state index is 12.9. The summed E-state index contributed by atoms with van der Waals surface area (Å²) in [6, 6.07) is 18.2. The number of hydrogen-bond acceptors (Lipinski definition) is 5. The third-order valence-electron chi connectivity index (χ3n) is 5.71. The molecule has 2 N–H and O–H groups in total. The molecule has 1 aliphatic heterocycles. The van der Waals surface area contributed by atoms with Crippen molar-refractivity contribution in [3.05, 3.63) is 93.1 Å². The Kier molecular flexibility index (Phi) is 8.48. The van der Waals surface area contributed by atoms with E-state index in [4.69, 9.17) is 9.47 Å². The number of carbonyl (C=O) groups is 3. The number of urea groups is 1. The SMILES string of the molecule is CCOc1cc(/C=C2/NC(=O)N(CC(=O)Nc3cccc(C)c3)C2=O)cc(Br)c1OCc1ccc(C)cc1. The van der Waals surface area contributed by atoms with Gasteiger partial charge in [-0.05, 0) is 83.7 Å². The zero-order chi connectivity index (χ0) is 27.2. The number of rotatable bonds is 9. The number of nitrogens with one attached hydrogen (secondary N) is 2. The minimum Gasteiger partial charge on any atom is -0.490 e. The van der Waals surface area contributed by atoms with E-state index in [-0.39, 0.29) is 5.70 Å². The maximum atomic E-state index is 12.9. The van der Waals surface area contributed by atoms with Crippen LogP contribution in [0.5, 0.6) is 11.5 Å². The van der Waals surface area contributed by atoms with Gasteiger partial charge in [0.25, 0.3) is 5.91 Å². The minimum atomic E-state index is -0.664. The molecule has 9 heteroatoms. The molecule has 3 aromatic rings. The summed E-state index contributed by atoms with van der Waals surface area (Å²) in [6.07, 6.45) is 1.54. The Morgan fingerprint density at radius 2 is 1.79 bits per heavy atom. The van der Waals surface area contributed by atoms with E-state index in [1.165, 1.54) is 11.6 Å². The summed E-state index contributed by atoms with van der Waals surface area (Å²) in [7, 11) is 0. The van der Waals surface area contributed by atoms with Gasteiger partial charge in [-0.2, -0.15) is 0 Å².